The average Bonchev–Trinajstić information content (AvgIpc) is 2.69. The SMILES string of the molecule is CC(=O)Nc1ccc(CN(C)C2CCCNCC2)cc1. The minimum absolute atomic E-state index is 0.0270. The Morgan fingerprint density at radius 3 is 2.75 bits per heavy atom. The summed E-state index contributed by atoms with van der Waals surface area (Å²) in [5, 5.41) is 6.25. The first-order valence-electron chi connectivity index (χ1n) is 7.42. The summed E-state index contributed by atoms with van der Waals surface area (Å²) in [6, 6.07) is 8.80. The van der Waals surface area contributed by atoms with Gasteiger partial charge in [-0.2, -0.15) is 0 Å². The molecule has 1 atom stereocenters. The molecule has 1 aromatic carbocycles. The number of nitrogens with one attached hydrogen (secondary N) is 2. The number of hydrogen-bond acceptors (Lipinski definition) is 3. The number of rotatable bonds is 4. The van der Waals surface area contributed by atoms with Crippen LogP contribution in [0.25, 0.3) is 0 Å². The summed E-state index contributed by atoms with van der Waals surface area (Å²) >= 11 is 0. The molecule has 0 bridgehead atoms. The maximum absolute atomic E-state index is 11.0. The molecule has 0 saturated carbocycles. The van der Waals surface area contributed by atoms with Gasteiger partial charge in [-0.3, -0.25) is 9.69 Å². The van der Waals surface area contributed by atoms with Gasteiger partial charge in [0.1, 0.15) is 0 Å². The Morgan fingerprint density at radius 2 is 2.05 bits per heavy atom. The van der Waals surface area contributed by atoms with E-state index in [0.717, 1.165) is 25.3 Å². The molecule has 2 rings (SSSR count). The van der Waals surface area contributed by atoms with Crippen LogP contribution in [-0.2, 0) is 11.3 Å². The minimum atomic E-state index is -0.0270. The summed E-state index contributed by atoms with van der Waals surface area (Å²) in [6.07, 6.45) is 3.75. The molecule has 4 nitrogen and oxygen atoms in total. The second kappa shape index (κ2) is 7.41. The highest BCUT2D eigenvalue weighted by Crippen LogP contribution is 2.16. The third-order valence-corrected chi connectivity index (χ3v) is 3.87. The molecular formula is C16H25N3O. The van der Waals surface area contributed by atoms with Gasteiger partial charge in [-0.15, -0.1) is 0 Å². The molecular weight excluding hydrogens is 250 g/mol. The van der Waals surface area contributed by atoms with Crippen molar-refractivity contribution in [3.63, 3.8) is 0 Å². The van der Waals surface area contributed by atoms with Crippen LogP contribution < -0.4 is 10.6 Å². The summed E-state index contributed by atoms with van der Waals surface area (Å²) in [4.78, 5) is 13.4. The van der Waals surface area contributed by atoms with Crippen LogP contribution in [-0.4, -0.2) is 37.0 Å². The first kappa shape index (κ1) is 15.0. The summed E-state index contributed by atoms with van der Waals surface area (Å²) in [6.45, 7) is 4.76. The molecule has 0 aromatic heterocycles. The molecule has 1 amide bonds. The molecule has 1 aromatic rings. The Labute approximate surface area is 121 Å². The Kier molecular flexibility index (Phi) is 5.56. The minimum Gasteiger partial charge on any atom is -0.326 e. The maximum Gasteiger partial charge on any atom is 0.221 e. The molecule has 0 radical (unpaired) electrons. The molecule has 4 heteroatoms. The van der Waals surface area contributed by atoms with Crippen LogP contribution >= 0.6 is 0 Å². The fourth-order valence-corrected chi connectivity index (χ4v) is 2.76. The zero-order valence-corrected chi connectivity index (χ0v) is 12.5. The van der Waals surface area contributed by atoms with E-state index in [4.69, 9.17) is 0 Å². The summed E-state index contributed by atoms with van der Waals surface area (Å²) in [5.41, 5.74) is 2.15. The van der Waals surface area contributed by atoms with E-state index in [0.29, 0.717) is 6.04 Å². The third kappa shape index (κ3) is 4.62. The van der Waals surface area contributed by atoms with Crippen LogP contribution in [0.2, 0.25) is 0 Å². The van der Waals surface area contributed by atoms with Gasteiger partial charge in [-0.25, -0.2) is 0 Å². The predicted octanol–water partition coefficient (Wildman–Crippen LogP) is 2.22. The van der Waals surface area contributed by atoms with Gasteiger partial charge >= 0.3 is 0 Å². The van der Waals surface area contributed by atoms with Crippen LogP contribution in [0.5, 0.6) is 0 Å². The largest absolute Gasteiger partial charge is 0.326 e. The van der Waals surface area contributed by atoms with E-state index in [9.17, 15) is 4.79 Å². The number of anilines is 1. The zero-order valence-electron chi connectivity index (χ0n) is 12.5. The average molecular weight is 275 g/mol. The molecule has 0 aliphatic carbocycles. The second-order valence-electron chi connectivity index (χ2n) is 5.63. The van der Waals surface area contributed by atoms with Crippen LogP contribution in [0.15, 0.2) is 24.3 Å². The van der Waals surface area contributed by atoms with E-state index < -0.39 is 0 Å². The fraction of sp³-hybridized carbons (Fsp3) is 0.562. The van der Waals surface area contributed by atoms with Gasteiger partial charge in [-0.1, -0.05) is 12.1 Å². The Hall–Kier alpha value is -1.39. The van der Waals surface area contributed by atoms with Crippen molar-refractivity contribution in [3.8, 4) is 0 Å². The van der Waals surface area contributed by atoms with Gasteiger partial charge in [0.05, 0.1) is 0 Å². The Balaban J connectivity index is 1.89. The van der Waals surface area contributed by atoms with Gasteiger partial charge in [0.15, 0.2) is 0 Å². The van der Waals surface area contributed by atoms with Crippen molar-refractivity contribution >= 4 is 11.6 Å². The molecule has 1 heterocycles. The summed E-state index contributed by atoms with van der Waals surface area (Å²) < 4.78 is 0. The monoisotopic (exact) mass is 275 g/mol. The number of hydrogen-bond donors (Lipinski definition) is 2. The molecule has 1 saturated heterocycles. The maximum atomic E-state index is 11.0. The highest BCUT2D eigenvalue weighted by Gasteiger charge is 2.16. The number of nitrogens with zero attached hydrogens (tertiary/aromatic N) is 1. The van der Waals surface area contributed by atoms with E-state index >= 15 is 0 Å². The normalized spacial score (nSPS) is 19.6. The van der Waals surface area contributed by atoms with Crippen molar-refractivity contribution in [2.45, 2.75) is 38.8 Å². The molecule has 1 fully saturated rings. The lowest BCUT2D eigenvalue weighted by atomic mass is 10.1. The van der Waals surface area contributed by atoms with Crippen molar-refractivity contribution in [2.24, 2.45) is 0 Å². The molecule has 20 heavy (non-hydrogen) atoms. The van der Waals surface area contributed by atoms with Crippen molar-refractivity contribution in [1.82, 2.24) is 10.2 Å². The van der Waals surface area contributed by atoms with E-state index in [-0.39, 0.29) is 5.91 Å². The smallest absolute Gasteiger partial charge is 0.221 e. The van der Waals surface area contributed by atoms with Gasteiger partial charge in [0.25, 0.3) is 0 Å². The number of benzene rings is 1. The van der Waals surface area contributed by atoms with Gasteiger partial charge < -0.3 is 10.6 Å². The van der Waals surface area contributed by atoms with E-state index in [1.807, 2.05) is 12.1 Å². The van der Waals surface area contributed by atoms with Crippen LogP contribution in [0.1, 0.15) is 31.7 Å². The van der Waals surface area contributed by atoms with E-state index in [1.165, 1.54) is 31.7 Å². The van der Waals surface area contributed by atoms with Crippen molar-refractivity contribution in [1.29, 1.82) is 0 Å². The lowest BCUT2D eigenvalue weighted by molar-refractivity contribution is -0.114. The predicted molar refractivity (Wildman–Crippen MR) is 82.7 cm³/mol. The van der Waals surface area contributed by atoms with E-state index in [2.05, 4.69) is 34.7 Å². The summed E-state index contributed by atoms with van der Waals surface area (Å²) in [5.74, 6) is -0.0270. The molecule has 1 aliphatic rings. The Morgan fingerprint density at radius 1 is 1.30 bits per heavy atom. The number of amides is 1. The lowest BCUT2D eigenvalue weighted by Gasteiger charge is -2.26. The first-order valence-corrected chi connectivity index (χ1v) is 7.42. The zero-order chi connectivity index (χ0) is 14.4. The highest BCUT2D eigenvalue weighted by atomic mass is 16.1. The number of carbonyl (C=O) groups is 1. The van der Waals surface area contributed by atoms with Crippen LogP contribution in [0.3, 0.4) is 0 Å². The molecule has 1 unspecified atom stereocenters. The van der Waals surface area contributed by atoms with Gasteiger partial charge in [0, 0.05) is 25.2 Å². The Bertz CT molecular complexity index is 422. The quantitative estimate of drug-likeness (QED) is 0.885. The van der Waals surface area contributed by atoms with Crippen LogP contribution in [0.4, 0.5) is 5.69 Å². The standard InChI is InChI=1S/C16H25N3O/c1-13(20)18-15-7-5-14(6-8-15)12-19(2)16-4-3-10-17-11-9-16/h5-8,16-17H,3-4,9-12H2,1-2H3,(H,18,20). The summed E-state index contributed by atoms with van der Waals surface area (Å²) in [7, 11) is 2.21. The van der Waals surface area contributed by atoms with Crippen molar-refractivity contribution in [2.75, 3.05) is 25.5 Å². The second-order valence-corrected chi connectivity index (χ2v) is 5.63. The van der Waals surface area contributed by atoms with Crippen LogP contribution in [0, 0.1) is 0 Å². The lowest BCUT2D eigenvalue weighted by Crippen LogP contribution is -2.31. The van der Waals surface area contributed by atoms with Crippen molar-refractivity contribution < 1.29 is 4.79 Å². The van der Waals surface area contributed by atoms with Crippen molar-refractivity contribution in [3.05, 3.63) is 29.8 Å². The first-order chi connectivity index (χ1) is 9.65. The molecule has 2 N–H and O–H groups in total. The van der Waals surface area contributed by atoms with E-state index in [1.54, 1.807) is 0 Å². The third-order valence-electron chi connectivity index (χ3n) is 3.87. The number of carbonyl (C=O) groups excluding carboxylic acids is 1. The van der Waals surface area contributed by atoms with Gasteiger partial charge in [0.2, 0.25) is 5.91 Å². The highest BCUT2D eigenvalue weighted by molar-refractivity contribution is 5.88. The molecule has 1 aliphatic heterocycles. The topological polar surface area (TPSA) is 44.4 Å². The fourth-order valence-electron chi connectivity index (χ4n) is 2.76. The molecule has 110 valence electrons. The molecule has 0 spiro atoms. The van der Waals surface area contributed by atoms with Gasteiger partial charge in [-0.05, 0) is 57.1 Å².